The van der Waals surface area contributed by atoms with Crippen molar-refractivity contribution >= 4 is 0 Å². The van der Waals surface area contributed by atoms with Crippen LogP contribution in [0, 0.1) is 23.6 Å². The highest BCUT2D eigenvalue weighted by molar-refractivity contribution is 5.20. The highest BCUT2D eigenvalue weighted by Gasteiger charge is 2.31. The Morgan fingerprint density at radius 3 is 2.43 bits per heavy atom. The lowest BCUT2D eigenvalue weighted by Crippen LogP contribution is -2.44. The summed E-state index contributed by atoms with van der Waals surface area (Å²) < 4.78 is 13.1. The van der Waals surface area contributed by atoms with Gasteiger partial charge in [0.2, 0.25) is 0 Å². The van der Waals surface area contributed by atoms with E-state index in [9.17, 15) is 4.39 Å². The van der Waals surface area contributed by atoms with Crippen molar-refractivity contribution in [2.24, 2.45) is 17.8 Å². The van der Waals surface area contributed by atoms with E-state index >= 15 is 0 Å². The third-order valence-corrected chi connectivity index (χ3v) is 5.12. The van der Waals surface area contributed by atoms with Gasteiger partial charge in [0.15, 0.2) is 0 Å². The fraction of sp³-hybridized carbons (Fsp3) is 0.684. The van der Waals surface area contributed by atoms with E-state index < -0.39 is 0 Å². The molecule has 1 nitrogen and oxygen atoms in total. The van der Waals surface area contributed by atoms with Crippen molar-refractivity contribution in [1.29, 1.82) is 0 Å². The molecule has 0 bridgehead atoms. The standard InChI is InChI=1S/C19H30FN/c1-5-18(15-7-9-16(20)10-8-15)21-19-12-14(4)6-11-17(19)13(2)3/h7-10,13-14,17-19,21H,5-6,11-12H2,1-4H3. The molecule has 4 atom stereocenters. The van der Waals surface area contributed by atoms with Crippen LogP contribution >= 0.6 is 0 Å². The van der Waals surface area contributed by atoms with Crippen LogP contribution in [-0.4, -0.2) is 6.04 Å². The van der Waals surface area contributed by atoms with Crippen molar-refractivity contribution in [1.82, 2.24) is 5.32 Å². The average molecular weight is 291 g/mol. The van der Waals surface area contributed by atoms with Gasteiger partial charge in [-0.15, -0.1) is 0 Å². The van der Waals surface area contributed by atoms with Gasteiger partial charge in [-0.2, -0.15) is 0 Å². The fourth-order valence-electron chi connectivity index (χ4n) is 3.80. The first-order chi connectivity index (χ1) is 10.0. The molecule has 0 amide bonds. The van der Waals surface area contributed by atoms with E-state index in [4.69, 9.17) is 0 Å². The van der Waals surface area contributed by atoms with Gasteiger partial charge in [0.1, 0.15) is 5.82 Å². The number of hydrogen-bond acceptors (Lipinski definition) is 1. The molecule has 1 aliphatic rings. The van der Waals surface area contributed by atoms with Crippen LogP contribution < -0.4 is 5.32 Å². The van der Waals surface area contributed by atoms with Crippen molar-refractivity contribution in [3.63, 3.8) is 0 Å². The van der Waals surface area contributed by atoms with Crippen LogP contribution in [0.4, 0.5) is 4.39 Å². The maximum atomic E-state index is 13.1. The van der Waals surface area contributed by atoms with Crippen LogP contribution in [-0.2, 0) is 0 Å². The minimum atomic E-state index is -0.153. The molecular weight excluding hydrogens is 261 g/mol. The summed E-state index contributed by atoms with van der Waals surface area (Å²) in [5.74, 6) is 2.14. The summed E-state index contributed by atoms with van der Waals surface area (Å²) in [5.41, 5.74) is 1.21. The summed E-state index contributed by atoms with van der Waals surface area (Å²) in [6.45, 7) is 9.25. The first-order valence-electron chi connectivity index (χ1n) is 8.52. The van der Waals surface area contributed by atoms with Gasteiger partial charge in [-0.1, -0.05) is 46.2 Å². The van der Waals surface area contributed by atoms with Crippen molar-refractivity contribution in [3.05, 3.63) is 35.6 Å². The van der Waals surface area contributed by atoms with Gasteiger partial charge in [-0.3, -0.25) is 0 Å². The molecule has 1 aliphatic carbocycles. The quantitative estimate of drug-likeness (QED) is 0.773. The number of nitrogens with one attached hydrogen (secondary N) is 1. The Kier molecular flexibility index (Phi) is 5.80. The zero-order valence-electron chi connectivity index (χ0n) is 13.9. The lowest BCUT2D eigenvalue weighted by atomic mass is 9.73. The Morgan fingerprint density at radius 2 is 1.86 bits per heavy atom. The van der Waals surface area contributed by atoms with Crippen molar-refractivity contribution in [2.75, 3.05) is 0 Å². The zero-order valence-corrected chi connectivity index (χ0v) is 13.9. The first kappa shape index (κ1) is 16.5. The predicted molar refractivity (Wildman–Crippen MR) is 87.7 cm³/mol. The average Bonchev–Trinajstić information content (AvgIpc) is 2.45. The Bertz CT molecular complexity index is 426. The van der Waals surface area contributed by atoms with Gasteiger partial charge >= 0.3 is 0 Å². The van der Waals surface area contributed by atoms with E-state index in [1.807, 2.05) is 12.1 Å². The molecule has 2 heteroatoms. The van der Waals surface area contributed by atoms with Gasteiger partial charge in [0.25, 0.3) is 0 Å². The van der Waals surface area contributed by atoms with Crippen LogP contribution in [0.2, 0.25) is 0 Å². The highest BCUT2D eigenvalue weighted by atomic mass is 19.1. The third-order valence-electron chi connectivity index (χ3n) is 5.12. The molecule has 4 unspecified atom stereocenters. The molecule has 0 radical (unpaired) electrons. The maximum Gasteiger partial charge on any atom is 0.123 e. The molecule has 1 saturated carbocycles. The molecule has 0 heterocycles. The molecule has 1 N–H and O–H groups in total. The van der Waals surface area contributed by atoms with Crippen LogP contribution in [0.25, 0.3) is 0 Å². The number of halogens is 1. The monoisotopic (exact) mass is 291 g/mol. The Hall–Kier alpha value is -0.890. The third kappa shape index (κ3) is 4.29. The van der Waals surface area contributed by atoms with E-state index in [0.717, 1.165) is 24.2 Å². The lowest BCUT2D eigenvalue weighted by molar-refractivity contribution is 0.158. The van der Waals surface area contributed by atoms with Crippen LogP contribution in [0.1, 0.15) is 65.0 Å². The van der Waals surface area contributed by atoms with Crippen molar-refractivity contribution in [2.45, 2.75) is 65.5 Å². The van der Waals surface area contributed by atoms with Crippen LogP contribution in [0.15, 0.2) is 24.3 Å². The zero-order chi connectivity index (χ0) is 15.4. The second kappa shape index (κ2) is 7.40. The number of rotatable bonds is 5. The second-order valence-corrected chi connectivity index (χ2v) is 7.11. The highest BCUT2D eigenvalue weighted by Crippen LogP contribution is 2.35. The number of benzene rings is 1. The molecule has 0 saturated heterocycles. The molecule has 2 rings (SSSR count). The smallest absolute Gasteiger partial charge is 0.123 e. The Labute approximate surface area is 129 Å². The van der Waals surface area contributed by atoms with E-state index in [1.165, 1.54) is 24.8 Å². The summed E-state index contributed by atoms with van der Waals surface area (Å²) in [7, 11) is 0. The lowest BCUT2D eigenvalue weighted by Gasteiger charge is -2.40. The fourth-order valence-corrected chi connectivity index (χ4v) is 3.80. The summed E-state index contributed by atoms with van der Waals surface area (Å²) in [5, 5.41) is 3.88. The van der Waals surface area contributed by atoms with Crippen molar-refractivity contribution in [3.8, 4) is 0 Å². The van der Waals surface area contributed by atoms with Gasteiger partial charge in [0.05, 0.1) is 0 Å². The van der Waals surface area contributed by atoms with Crippen LogP contribution in [0.5, 0.6) is 0 Å². The Balaban J connectivity index is 2.09. The molecule has 1 aromatic rings. The van der Waals surface area contributed by atoms with E-state index in [2.05, 4.69) is 33.0 Å². The molecule has 21 heavy (non-hydrogen) atoms. The van der Waals surface area contributed by atoms with Gasteiger partial charge in [-0.05, 0) is 54.7 Å². The molecule has 1 fully saturated rings. The molecule has 1 aromatic carbocycles. The maximum absolute atomic E-state index is 13.1. The summed E-state index contributed by atoms with van der Waals surface area (Å²) in [6.07, 6.45) is 4.99. The van der Waals surface area contributed by atoms with Gasteiger partial charge < -0.3 is 5.32 Å². The van der Waals surface area contributed by atoms with Gasteiger partial charge in [-0.25, -0.2) is 4.39 Å². The summed E-state index contributed by atoms with van der Waals surface area (Å²) in [6, 6.07) is 7.91. The predicted octanol–water partition coefficient (Wildman–Crippen LogP) is 5.33. The largest absolute Gasteiger partial charge is 0.307 e. The first-order valence-corrected chi connectivity index (χ1v) is 8.52. The minimum Gasteiger partial charge on any atom is -0.307 e. The molecule has 0 aromatic heterocycles. The molecule has 118 valence electrons. The minimum absolute atomic E-state index is 0.153. The SMILES string of the molecule is CCC(NC1CC(C)CCC1C(C)C)c1ccc(F)cc1. The summed E-state index contributed by atoms with van der Waals surface area (Å²) >= 11 is 0. The topological polar surface area (TPSA) is 12.0 Å². The van der Waals surface area contributed by atoms with E-state index in [0.29, 0.717) is 12.1 Å². The normalized spacial score (nSPS) is 27.8. The molecular formula is C19H30FN. The number of hydrogen-bond donors (Lipinski definition) is 1. The van der Waals surface area contributed by atoms with Crippen LogP contribution in [0.3, 0.4) is 0 Å². The molecule has 0 aliphatic heterocycles. The van der Waals surface area contributed by atoms with Crippen molar-refractivity contribution < 1.29 is 4.39 Å². The van der Waals surface area contributed by atoms with Gasteiger partial charge in [0, 0.05) is 12.1 Å². The second-order valence-electron chi connectivity index (χ2n) is 7.11. The Morgan fingerprint density at radius 1 is 1.19 bits per heavy atom. The van der Waals surface area contributed by atoms with E-state index in [1.54, 1.807) is 12.1 Å². The summed E-state index contributed by atoms with van der Waals surface area (Å²) in [4.78, 5) is 0. The molecule has 0 spiro atoms. The van der Waals surface area contributed by atoms with E-state index in [-0.39, 0.29) is 5.82 Å².